The highest BCUT2D eigenvalue weighted by Crippen LogP contribution is 2.28. The van der Waals surface area contributed by atoms with Crippen molar-refractivity contribution < 1.29 is 23.8 Å². The molecule has 0 aliphatic carbocycles. The van der Waals surface area contributed by atoms with Crippen LogP contribution in [0.5, 0.6) is 11.5 Å². The first kappa shape index (κ1) is 23.8. The lowest BCUT2D eigenvalue weighted by Crippen LogP contribution is -2.04. The van der Waals surface area contributed by atoms with E-state index in [9.17, 15) is 9.59 Å². The van der Waals surface area contributed by atoms with Crippen molar-refractivity contribution in [3.63, 3.8) is 0 Å². The van der Waals surface area contributed by atoms with Crippen molar-refractivity contribution in [3.05, 3.63) is 119 Å². The summed E-state index contributed by atoms with van der Waals surface area (Å²) in [4.78, 5) is 23.3. The van der Waals surface area contributed by atoms with Crippen LogP contribution in [-0.4, -0.2) is 19.4 Å². The van der Waals surface area contributed by atoms with E-state index in [4.69, 9.17) is 14.2 Å². The van der Waals surface area contributed by atoms with Crippen molar-refractivity contribution in [3.8, 4) is 22.6 Å². The summed E-state index contributed by atoms with van der Waals surface area (Å²) in [5, 5.41) is 0. The van der Waals surface area contributed by atoms with E-state index in [1.54, 1.807) is 36.4 Å². The Morgan fingerprint density at radius 1 is 0.829 bits per heavy atom. The molecule has 0 bridgehead atoms. The van der Waals surface area contributed by atoms with E-state index in [0.717, 1.165) is 28.5 Å². The maximum Gasteiger partial charge on any atom is 0.337 e. The summed E-state index contributed by atoms with van der Waals surface area (Å²) in [5.74, 6) is 0.594. The first-order valence-corrected chi connectivity index (χ1v) is 11.2. The van der Waals surface area contributed by atoms with Crippen LogP contribution < -0.4 is 9.47 Å². The van der Waals surface area contributed by atoms with Gasteiger partial charge in [0.1, 0.15) is 24.7 Å². The molecule has 176 valence electrons. The van der Waals surface area contributed by atoms with Crippen molar-refractivity contribution >= 4 is 12.3 Å². The van der Waals surface area contributed by atoms with E-state index in [1.807, 2.05) is 36.4 Å². The molecule has 0 amide bonds. The van der Waals surface area contributed by atoms with Gasteiger partial charge in [-0.1, -0.05) is 60.7 Å². The summed E-state index contributed by atoms with van der Waals surface area (Å²) >= 11 is 0. The van der Waals surface area contributed by atoms with Crippen LogP contribution in [0.3, 0.4) is 0 Å². The Bertz CT molecular complexity index is 1330. The number of esters is 1. The van der Waals surface area contributed by atoms with E-state index in [2.05, 4.69) is 25.1 Å². The summed E-state index contributed by atoms with van der Waals surface area (Å²) in [6.07, 6.45) is 0.747. The van der Waals surface area contributed by atoms with Crippen LogP contribution in [0, 0.1) is 6.92 Å². The minimum absolute atomic E-state index is 0.188. The molecule has 0 heterocycles. The van der Waals surface area contributed by atoms with E-state index >= 15 is 0 Å². The van der Waals surface area contributed by atoms with Gasteiger partial charge in [0.15, 0.2) is 6.29 Å². The van der Waals surface area contributed by atoms with E-state index in [0.29, 0.717) is 29.2 Å². The third-order valence-electron chi connectivity index (χ3n) is 5.78. The molecule has 5 heteroatoms. The van der Waals surface area contributed by atoms with E-state index in [-0.39, 0.29) is 6.61 Å². The van der Waals surface area contributed by atoms with Crippen LogP contribution in [0.25, 0.3) is 11.1 Å². The SMILES string of the molecule is COC(=O)c1cccc(COc2cc(OCc3cccc(-c4ccccc4)c3C)ccc2C=O)c1. The Labute approximate surface area is 204 Å². The molecule has 0 aliphatic heterocycles. The molecule has 0 aromatic heterocycles. The molecule has 5 nitrogen and oxygen atoms in total. The standard InChI is InChI=1S/C30H26O5/c1-21-26(12-7-13-28(21)23-9-4-3-5-10-23)20-34-27-15-14-25(18-31)29(17-27)35-19-22-8-6-11-24(16-22)30(32)33-2/h3-18H,19-20H2,1-2H3. The van der Waals surface area contributed by atoms with Crippen LogP contribution in [-0.2, 0) is 18.0 Å². The average Bonchev–Trinajstić information content (AvgIpc) is 2.91. The molecule has 0 unspecified atom stereocenters. The molecule has 0 atom stereocenters. The molecule has 0 spiro atoms. The monoisotopic (exact) mass is 466 g/mol. The molecule has 0 aliphatic rings. The van der Waals surface area contributed by atoms with Crippen molar-refractivity contribution in [2.75, 3.05) is 7.11 Å². The summed E-state index contributed by atoms with van der Waals surface area (Å²) < 4.78 is 16.7. The third kappa shape index (κ3) is 5.76. The molecule has 0 saturated carbocycles. The van der Waals surface area contributed by atoms with Crippen molar-refractivity contribution in [1.82, 2.24) is 0 Å². The van der Waals surface area contributed by atoms with Crippen LogP contribution in [0.2, 0.25) is 0 Å². The topological polar surface area (TPSA) is 61.8 Å². The first-order chi connectivity index (χ1) is 17.1. The van der Waals surface area contributed by atoms with Gasteiger partial charge < -0.3 is 14.2 Å². The molecule has 4 aromatic carbocycles. The molecule has 0 fully saturated rings. The second-order valence-electron chi connectivity index (χ2n) is 8.04. The highest BCUT2D eigenvalue weighted by Gasteiger charge is 2.11. The van der Waals surface area contributed by atoms with Gasteiger partial charge in [-0.2, -0.15) is 0 Å². The number of carbonyl (C=O) groups excluding carboxylic acids is 2. The number of ether oxygens (including phenoxy) is 3. The molecular weight excluding hydrogens is 440 g/mol. The molecular formula is C30H26O5. The largest absolute Gasteiger partial charge is 0.489 e. The van der Waals surface area contributed by atoms with Gasteiger partial charge in [0.2, 0.25) is 0 Å². The maximum atomic E-state index is 11.8. The van der Waals surface area contributed by atoms with Gasteiger partial charge >= 0.3 is 5.97 Å². The number of benzene rings is 4. The van der Waals surface area contributed by atoms with Crippen LogP contribution in [0.15, 0.2) is 91.0 Å². The summed E-state index contributed by atoms with van der Waals surface area (Å²) in [6.45, 7) is 2.66. The van der Waals surface area contributed by atoms with Gasteiger partial charge in [-0.15, -0.1) is 0 Å². The fourth-order valence-electron chi connectivity index (χ4n) is 3.83. The fourth-order valence-corrected chi connectivity index (χ4v) is 3.83. The lowest BCUT2D eigenvalue weighted by atomic mass is 9.97. The zero-order valence-corrected chi connectivity index (χ0v) is 19.7. The van der Waals surface area contributed by atoms with Crippen molar-refractivity contribution in [1.29, 1.82) is 0 Å². The third-order valence-corrected chi connectivity index (χ3v) is 5.78. The van der Waals surface area contributed by atoms with Crippen LogP contribution >= 0.6 is 0 Å². The summed E-state index contributed by atoms with van der Waals surface area (Å²) in [5.41, 5.74) is 6.20. The van der Waals surface area contributed by atoms with Gasteiger partial charge in [0.25, 0.3) is 0 Å². The van der Waals surface area contributed by atoms with Crippen LogP contribution in [0.1, 0.15) is 37.4 Å². The second-order valence-corrected chi connectivity index (χ2v) is 8.04. The number of carbonyl (C=O) groups is 2. The Hall–Kier alpha value is -4.38. The van der Waals surface area contributed by atoms with Gasteiger partial charge in [0.05, 0.1) is 18.2 Å². The summed E-state index contributed by atoms with van der Waals surface area (Å²) in [7, 11) is 1.34. The van der Waals surface area contributed by atoms with E-state index in [1.165, 1.54) is 12.7 Å². The maximum absolute atomic E-state index is 11.8. The Morgan fingerprint density at radius 2 is 1.63 bits per heavy atom. The predicted molar refractivity (Wildman–Crippen MR) is 135 cm³/mol. The van der Waals surface area contributed by atoms with Gasteiger partial charge in [-0.3, -0.25) is 4.79 Å². The number of hydrogen-bond acceptors (Lipinski definition) is 5. The number of rotatable bonds is 9. The highest BCUT2D eigenvalue weighted by atomic mass is 16.5. The minimum atomic E-state index is -0.414. The Morgan fingerprint density at radius 3 is 2.40 bits per heavy atom. The molecule has 35 heavy (non-hydrogen) atoms. The molecule has 0 saturated heterocycles. The molecule has 4 rings (SSSR count). The van der Waals surface area contributed by atoms with Gasteiger partial charge in [-0.25, -0.2) is 4.79 Å². The number of aldehydes is 1. The molecule has 0 N–H and O–H groups in total. The Balaban J connectivity index is 1.48. The van der Waals surface area contributed by atoms with Crippen molar-refractivity contribution in [2.24, 2.45) is 0 Å². The predicted octanol–water partition coefficient (Wildman–Crippen LogP) is 6.42. The quantitative estimate of drug-likeness (QED) is 0.210. The van der Waals surface area contributed by atoms with Crippen molar-refractivity contribution in [2.45, 2.75) is 20.1 Å². The second kappa shape index (κ2) is 11.2. The Kier molecular flexibility index (Phi) is 7.58. The lowest BCUT2D eigenvalue weighted by molar-refractivity contribution is 0.0600. The molecule has 4 aromatic rings. The number of hydrogen-bond donors (Lipinski definition) is 0. The molecule has 0 radical (unpaired) electrons. The lowest BCUT2D eigenvalue weighted by Gasteiger charge is -2.14. The first-order valence-electron chi connectivity index (χ1n) is 11.2. The zero-order chi connectivity index (χ0) is 24.6. The normalized spacial score (nSPS) is 10.5. The smallest absolute Gasteiger partial charge is 0.337 e. The number of methoxy groups -OCH3 is 1. The minimum Gasteiger partial charge on any atom is -0.489 e. The van der Waals surface area contributed by atoms with Gasteiger partial charge in [-0.05, 0) is 59.0 Å². The van der Waals surface area contributed by atoms with E-state index < -0.39 is 5.97 Å². The van der Waals surface area contributed by atoms with Crippen LogP contribution in [0.4, 0.5) is 0 Å². The van der Waals surface area contributed by atoms with Gasteiger partial charge in [0, 0.05) is 6.07 Å². The fraction of sp³-hybridized carbons (Fsp3) is 0.133. The zero-order valence-electron chi connectivity index (χ0n) is 19.7. The average molecular weight is 467 g/mol. The summed E-state index contributed by atoms with van der Waals surface area (Å²) in [6, 6.07) is 28.6. The highest BCUT2D eigenvalue weighted by molar-refractivity contribution is 5.89.